The molecule has 2 nitrogen and oxygen atoms in total. The summed E-state index contributed by atoms with van der Waals surface area (Å²) in [5.74, 6) is 0. The zero-order valence-electron chi connectivity index (χ0n) is 7.05. The third-order valence-electron chi connectivity index (χ3n) is 2.68. The van der Waals surface area contributed by atoms with Gasteiger partial charge in [-0.3, -0.25) is 0 Å². The molecule has 60 valence electrons. The van der Waals surface area contributed by atoms with E-state index < -0.39 is 0 Å². The van der Waals surface area contributed by atoms with E-state index in [0.717, 1.165) is 6.42 Å². The first-order valence-corrected chi connectivity index (χ1v) is 3.86. The lowest BCUT2D eigenvalue weighted by Gasteiger charge is -2.25. The molecule has 0 heterocycles. The molecule has 0 amide bonds. The van der Waals surface area contributed by atoms with Gasteiger partial charge in [-0.1, -0.05) is 13.8 Å². The fraction of sp³-hybridized carbons (Fsp3) is 1.00. The topological polar surface area (TPSA) is 35.2 Å². The molecule has 2 heteroatoms. The molecular formula is C8H17NO. The molecule has 1 aliphatic rings. The maximum Gasteiger partial charge on any atom is 0.0727 e. The Kier molecular flexibility index (Phi) is 2.02. The summed E-state index contributed by atoms with van der Waals surface area (Å²) in [7, 11) is 1.74. The second-order valence-corrected chi connectivity index (χ2v) is 3.83. The van der Waals surface area contributed by atoms with Crippen LogP contribution in [0.25, 0.3) is 0 Å². The van der Waals surface area contributed by atoms with Gasteiger partial charge < -0.3 is 10.5 Å². The van der Waals surface area contributed by atoms with Crippen molar-refractivity contribution in [1.29, 1.82) is 0 Å². The first kappa shape index (κ1) is 8.02. The lowest BCUT2D eigenvalue weighted by atomic mass is 9.88. The van der Waals surface area contributed by atoms with Crippen LogP contribution in [0.5, 0.6) is 0 Å². The highest BCUT2D eigenvalue weighted by molar-refractivity contribution is 4.94. The van der Waals surface area contributed by atoms with Crippen LogP contribution in [0.2, 0.25) is 0 Å². The highest BCUT2D eigenvalue weighted by Gasteiger charge is 2.39. The Morgan fingerprint density at radius 2 is 2.10 bits per heavy atom. The zero-order chi connectivity index (χ0) is 7.78. The van der Waals surface area contributed by atoms with Gasteiger partial charge in [-0.2, -0.15) is 0 Å². The maximum atomic E-state index is 5.94. The molecular weight excluding hydrogens is 126 g/mol. The minimum absolute atomic E-state index is 0.220. The van der Waals surface area contributed by atoms with E-state index in [2.05, 4.69) is 13.8 Å². The summed E-state index contributed by atoms with van der Waals surface area (Å²) in [6.45, 7) is 4.41. The van der Waals surface area contributed by atoms with E-state index in [1.54, 1.807) is 7.11 Å². The van der Waals surface area contributed by atoms with Crippen molar-refractivity contribution < 1.29 is 4.74 Å². The van der Waals surface area contributed by atoms with E-state index in [4.69, 9.17) is 10.5 Å². The van der Waals surface area contributed by atoms with Crippen LogP contribution in [0.4, 0.5) is 0 Å². The molecule has 0 aromatic carbocycles. The zero-order valence-corrected chi connectivity index (χ0v) is 7.05. The van der Waals surface area contributed by atoms with Crippen molar-refractivity contribution >= 4 is 0 Å². The molecule has 10 heavy (non-hydrogen) atoms. The van der Waals surface area contributed by atoms with E-state index >= 15 is 0 Å². The predicted octanol–water partition coefficient (Wildman–Crippen LogP) is 1.15. The van der Waals surface area contributed by atoms with Crippen molar-refractivity contribution in [2.75, 3.05) is 7.11 Å². The maximum absolute atomic E-state index is 5.94. The average Bonchev–Trinajstić information content (AvgIpc) is 2.10. The van der Waals surface area contributed by atoms with Gasteiger partial charge in [0, 0.05) is 13.2 Å². The van der Waals surface area contributed by atoms with Crippen molar-refractivity contribution in [2.45, 2.75) is 38.8 Å². The molecule has 0 spiro atoms. The number of hydrogen-bond acceptors (Lipinski definition) is 2. The van der Waals surface area contributed by atoms with Crippen LogP contribution in [0.1, 0.15) is 26.7 Å². The minimum atomic E-state index is 0.220. The molecule has 2 unspecified atom stereocenters. The first-order chi connectivity index (χ1) is 4.58. The van der Waals surface area contributed by atoms with Gasteiger partial charge >= 0.3 is 0 Å². The van der Waals surface area contributed by atoms with E-state index in [9.17, 15) is 0 Å². The van der Waals surface area contributed by atoms with Crippen molar-refractivity contribution in [3.63, 3.8) is 0 Å². The van der Waals surface area contributed by atoms with Crippen LogP contribution in [-0.2, 0) is 4.74 Å². The highest BCUT2D eigenvalue weighted by Crippen LogP contribution is 2.37. The summed E-state index contributed by atoms with van der Waals surface area (Å²) in [5.41, 5.74) is 6.22. The van der Waals surface area contributed by atoms with Crippen molar-refractivity contribution in [3.8, 4) is 0 Å². The molecule has 0 aromatic heterocycles. The summed E-state index contributed by atoms with van der Waals surface area (Å²) in [5, 5.41) is 0. The van der Waals surface area contributed by atoms with Gasteiger partial charge in [-0.25, -0.2) is 0 Å². The Morgan fingerprint density at radius 1 is 1.50 bits per heavy atom. The Bertz CT molecular complexity index is 122. The summed E-state index contributed by atoms with van der Waals surface area (Å²) >= 11 is 0. The number of ether oxygens (including phenoxy) is 1. The quantitative estimate of drug-likeness (QED) is 0.597. The van der Waals surface area contributed by atoms with Gasteiger partial charge in [0.25, 0.3) is 0 Å². The van der Waals surface area contributed by atoms with E-state index in [-0.39, 0.29) is 17.6 Å². The lowest BCUT2D eigenvalue weighted by Crippen LogP contribution is -2.40. The molecule has 0 aromatic rings. The minimum Gasteiger partial charge on any atom is -0.380 e. The number of nitrogens with two attached hydrogens (primary N) is 1. The molecule has 1 saturated carbocycles. The van der Waals surface area contributed by atoms with E-state index in [0.29, 0.717) is 0 Å². The molecule has 0 aliphatic heterocycles. The second-order valence-electron chi connectivity index (χ2n) is 3.83. The number of hydrogen-bond donors (Lipinski definition) is 1. The fourth-order valence-corrected chi connectivity index (χ4v) is 1.63. The van der Waals surface area contributed by atoms with Crippen molar-refractivity contribution in [3.05, 3.63) is 0 Å². The number of rotatable bonds is 1. The molecule has 2 N–H and O–H groups in total. The normalized spacial score (nSPS) is 38.4. The van der Waals surface area contributed by atoms with Crippen molar-refractivity contribution in [2.24, 2.45) is 11.1 Å². The van der Waals surface area contributed by atoms with Crippen LogP contribution in [0.3, 0.4) is 0 Å². The highest BCUT2D eigenvalue weighted by atomic mass is 16.5. The van der Waals surface area contributed by atoms with Crippen molar-refractivity contribution in [1.82, 2.24) is 0 Å². The lowest BCUT2D eigenvalue weighted by molar-refractivity contribution is 0.0815. The molecule has 2 atom stereocenters. The Labute approximate surface area is 62.7 Å². The molecule has 0 radical (unpaired) electrons. The van der Waals surface area contributed by atoms with Crippen LogP contribution in [0, 0.1) is 5.41 Å². The Hall–Kier alpha value is -0.0800. The standard InChI is InChI=1S/C8H17NO/c1-8(2)5-4-6(10-3)7(8)9/h6-7H,4-5,9H2,1-3H3. The van der Waals surface area contributed by atoms with Gasteiger partial charge in [0.05, 0.1) is 6.10 Å². The van der Waals surface area contributed by atoms with Crippen LogP contribution in [-0.4, -0.2) is 19.3 Å². The number of methoxy groups -OCH3 is 1. The third-order valence-corrected chi connectivity index (χ3v) is 2.68. The van der Waals surface area contributed by atoms with Gasteiger partial charge in [-0.15, -0.1) is 0 Å². The Morgan fingerprint density at radius 3 is 2.30 bits per heavy atom. The van der Waals surface area contributed by atoms with Gasteiger partial charge in [-0.05, 0) is 18.3 Å². The summed E-state index contributed by atoms with van der Waals surface area (Å²) < 4.78 is 5.23. The first-order valence-electron chi connectivity index (χ1n) is 3.86. The van der Waals surface area contributed by atoms with Gasteiger partial charge in [0.15, 0.2) is 0 Å². The van der Waals surface area contributed by atoms with Gasteiger partial charge in [0.1, 0.15) is 0 Å². The smallest absolute Gasteiger partial charge is 0.0727 e. The molecule has 0 saturated heterocycles. The van der Waals surface area contributed by atoms with Crippen LogP contribution >= 0.6 is 0 Å². The molecule has 1 rings (SSSR count). The molecule has 0 bridgehead atoms. The van der Waals surface area contributed by atoms with Gasteiger partial charge in [0.2, 0.25) is 0 Å². The SMILES string of the molecule is COC1CCC(C)(C)C1N. The molecule has 1 aliphatic carbocycles. The largest absolute Gasteiger partial charge is 0.380 e. The van der Waals surface area contributed by atoms with Crippen LogP contribution < -0.4 is 5.73 Å². The summed E-state index contributed by atoms with van der Waals surface area (Å²) in [6, 6.07) is 0.220. The second kappa shape index (κ2) is 2.51. The van der Waals surface area contributed by atoms with E-state index in [1.165, 1.54) is 6.42 Å². The molecule has 1 fully saturated rings. The Balaban J connectivity index is 2.58. The predicted molar refractivity (Wildman–Crippen MR) is 41.8 cm³/mol. The van der Waals surface area contributed by atoms with E-state index in [1.807, 2.05) is 0 Å². The summed E-state index contributed by atoms with van der Waals surface area (Å²) in [4.78, 5) is 0. The average molecular weight is 143 g/mol. The third kappa shape index (κ3) is 1.18. The summed E-state index contributed by atoms with van der Waals surface area (Å²) in [6.07, 6.45) is 2.59. The monoisotopic (exact) mass is 143 g/mol. The fourth-order valence-electron chi connectivity index (χ4n) is 1.63. The van der Waals surface area contributed by atoms with Crippen LogP contribution in [0.15, 0.2) is 0 Å².